The zero-order valence-electron chi connectivity index (χ0n) is 7.08. The van der Waals surface area contributed by atoms with Crippen LogP contribution in [0.25, 0.3) is 10.9 Å². The van der Waals surface area contributed by atoms with Crippen molar-refractivity contribution in [2.75, 3.05) is 6.86 Å². The fourth-order valence-electron chi connectivity index (χ4n) is 1.18. The third kappa shape index (κ3) is 1.48. The van der Waals surface area contributed by atoms with Crippen molar-refractivity contribution < 1.29 is 9.13 Å². The predicted molar refractivity (Wildman–Crippen MR) is 51.2 cm³/mol. The highest BCUT2D eigenvalue weighted by Gasteiger charge is 2.06. The second kappa shape index (κ2) is 3.75. The molecule has 0 aliphatic carbocycles. The van der Waals surface area contributed by atoms with Crippen molar-refractivity contribution in [3.05, 3.63) is 29.5 Å². The molecule has 2 aromatic rings. The van der Waals surface area contributed by atoms with Crippen molar-refractivity contribution in [3.63, 3.8) is 0 Å². The van der Waals surface area contributed by atoms with Gasteiger partial charge in [0, 0.05) is 17.8 Å². The van der Waals surface area contributed by atoms with E-state index in [1.165, 1.54) is 12.4 Å². The molecule has 2 heterocycles. The molecule has 14 heavy (non-hydrogen) atoms. The molecule has 0 saturated heterocycles. The van der Waals surface area contributed by atoms with Crippen LogP contribution in [0.4, 0.5) is 4.39 Å². The fraction of sp³-hybridized carbons (Fsp3) is 0.111. The molecule has 0 aliphatic rings. The van der Waals surface area contributed by atoms with Crippen LogP contribution < -0.4 is 4.74 Å². The quantitative estimate of drug-likeness (QED) is 0.768. The molecule has 0 amide bonds. The van der Waals surface area contributed by atoms with Gasteiger partial charge in [0.2, 0.25) is 12.7 Å². The van der Waals surface area contributed by atoms with Gasteiger partial charge in [0.25, 0.3) is 0 Å². The topological polar surface area (TPSA) is 35.0 Å². The van der Waals surface area contributed by atoms with Crippen LogP contribution in [0.2, 0.25) is 5.02 Å². The van der Waals surface area contributed by atoms with Crippen LogP contribution in [0.15, 0.2) is 24.5 Å². The minimum Gasteiger partial charge on any atom is -0.444 e. The molecule has 5 heteroatoms. The second-order valence-electron chi connectivity index (χ2n) is 2.56. The van der Waals surface area contributed by atoms with E-state index in [9.17, 15) is 4.39 Å². The zero-order valence-corrected chi connectivity index (χ0v) is 7.83. The van der Waals surface area contributed by atoms with Crippen LogP contribution in [-0.2, 0) is 0 Å². The van der Waals surface area contributed by atoms with Crippen molar-refractivity contribution in [1.29, 1.82) is 0 Å². The largest absolute Gasteiger partial charge is 0.444 e. The van der Waals surface area contributed by atoms with Gasteiger partial charge < -0.3 is 4.74 Å². The van der Waals surface area contributed by atoms with Gasteiger partial charge in [-0.25, -0.2) is 9.37 Å². The van der Waals surface area contributed by atoms with Gasteiger partial charge in [-0.15, -0.1) is 0 Å². The first kappa shape index (κ1) is 9.15. The molecule has 0 aromatic carbocycles. The van der Waals surface area contributed by atoms with Gasteiger partial charge in [0.15, 0.2) is 0 Å². The van der Waals surface area contributed by atoms with Crippen molar-refractivity contribution >= 4 is 22.5 Å². The van der Waals surface area contributed by atoms with Crippen LogP contribution in [0.5, 0.6) is 5.88 Å². The van der Waals surface area contributed by atoms with E-state index in [0.29, 0.717) is 15.9 Å². The molecule has 0 spiro atoms. The number of hydrogen-bond donors (Lipinski definition) is 0. The number of aromatic nitrogens is 2. The maximum atomic E-state index is 12.0. The van der Waals surface area contributed by atoms with Crippen LogP contribution in [0, 0.1) is 0 Å². The summed E-state index contributed by atoms with van der Waals surface area (Å²) in [5.74, 6) is 0.160. The predicted octanol–water partition coefficient (Wildman–Crippen LogP) is 2.59. The summed E-state index contributed by atoms with van der Waals surface area (Å²) in [6, 6.07) is 3.36. The number of ether oxygens (including phenoxy) is 1. The minimum atomic E-state index is -0.930. The van der Waals surface area contributed by atoms with E-state index >= 15 is 0 Å². The normalized spacial score (nSPS) is 10.4. The van der Waals surface area contributed by atoms with Crippen LogP contribution >= 0.6 is 11.6 Å². The van der Waals surface area contributed by atoms with Gasteiger partial charge in [0.05, 0.1) is 5.02 Å². The van der Waals surface area contributed by atoms with Gasteiger partial charge in [-0.05, 0) is 12.1 Å². The van der Waals surface area contributed by atoms with Crippen molar-refractivity contribution in [2.24, 2.45) is 0 Å². The number of halogens is 2. The molecule has 72 valence electrons. The molecule has 0 fully saturated rings. The van der Waals surface area contributed by atoms with Gasteiger partial charge in [0.1, 0.15) is 5.52 Å². The lowest BCUT2D eigenvalue weighted by atomic mass is 10.2. The summed E-state index contributed by atoms with van der Waals surface area (Å²) in [7, 11) is 0. The molecule has 0 bridgehead atoms. The van der Waals surface area contributed by atoms with Crippen molar-refractivity contribution in [1.82, 2.24) is 9.97 Å². The monoisotopic (exact) mass is 212 g/mol. The number of hydrogen-bond acceptors (Lipinski definition) is 3. The van der Waals surface area contributed by atoms with E-state index in [-0.39, 0.29) is 5.88 Å². The van der Waals surface area contributed by atoms with E-state index in [0.717, 1.165) is 0 Å². The van der Waals surface area contributed by atoms with E-state index < -0.39 is 6.86 Å². The molecule has 0 radical (unpaired) electrons. The molecule has 0 unspecified atom stereocenters. The summed E-state index contributed by atoms with van der Waals surface area (Å²) >= 11 is 5.91. The average Bonchev–Trinajstić information content (AvgIpc) is 2.20. The van der Waals surface area contributed by atoms with Crippen LogP contribution in [0.3, 0.4) is 0 Å². The number of pyridine rings is 2. The maximum Gasteiger partial charge on any atom is 0.242 e. The van der Waals surface area contributed by atoms with E-state index in [4.69, 9.17) is 11.6 Å². The van der Waals surface area contributed by atoms with Crippen LogP contribution in [0.1, 0.15) is 0 Å². The highest BCUT2D eigenvalue weighted by atomic mass is 35.5. The first-order chi connectivity index (χ1) is 6.83. The molecular weight excluding hydrogens is 207 g/mol. The lowest BCUT2D eigenvalue weighted by Crippen LogP contribution is -1.95. The Morgan fingerprint density at radius 3 is 2.86 bits per heavy atom. The number of fused-ring (bicyclic) bond motifs is 1. The Kier molecular flexibility index (Phi) is 2.45. The van der Waals surface area contributed by atoms with Crippen LogP contribution in [-0.4, -0.2) is 16.8 Å². The maximum absolute atomic E-state index is 12.0. The highest BCUT2D eigenvalue weighted by Crippen LogP contribution is 2.26. The first-order valence-electron chi connectivity index (χ1n) is 3.91. The standard InChI is InChI=1S/C9H6ClFN2O/c10-7-2-4-12-8-6(7)1-3-13-9(8)14-5-11/h1-4H,5H2. The Bertz CT molecular complexity index is 464. The third-order valence-corrected chi connectivity index (χ3v) is 2.09. The minimum absolute atomic E-state index is 0.160. The summed E-state index contributed by atoms with van der Waals surface area (Å²) in [4.78, 5) is 7.88. The summed E-state index contributed by atoms with van der Waals surface area (Å²) in [5.41, 5.74) is 0.470. The Labute approximate surface area is 84.5 Å². The van der Waals surface area contributed by atoms with Gasteiger partial charge >= 0.3 is 0 Å². The van der Waals surface area contributed by atoms with E-state index in [1.54, 1.807) is 12.1 Å². The summed E-state index contributed by atoms with van der Waals surface area (Å²) < 4.78 is 16.7. The molecule has 0 aliphatic heterocycles. The average molecular weight is 213 g/mol. The molecule has 3 nitrogen and oxygen atoms in total. The second-order valence-corrected chi connectivity index (χ2v) is 2.97. The van der Waals surface area contributed by atoms with Crippen molar-refractivity contribution in [3.8, 4) is 5.88 Å². The Hall–Kier alpha value is -1.42. The number of rotatable bonds is 2. The number of alkyl halides is 1. The molecular formula is C9H6ClFN2O. The SMILES string of the molecule is FCOc1nccc2c(Cl)ccnc12. The van der Waals surface area contributed by atoms with E-state index in [2.05, 4.69) is 14.7 Å². The van der Waals surface area contributed by atoms with Gasteiger partial charge in [-0.1, -0.05) is 11.6 Å². The molecule has 0 atom stereocenters. The van der Waals surface area contributed by atoms with Gasteiger partial charge in [-0.2, -0.15) is 0 Å². The molecule has 0 N–H and O–H groups in total. The summed E-state index contributed by atoms with van der Waals surface area (Å²) in [6.07, 6.45) is 3.03. The lowest BCUT2D eigenvalue weighted by Gasteiger charge is -2.04. The fourth-order valence-corrected chi connectivity index (χ4v) is 1.39. The Morgan fingerprint density at radius 2 is 2.07 bits per heavy atom. The lowest BCUT2D eigenvalue weighted by molar-refractivity contribution is 0.187. The van der Waals surface area contributed by atoms with Gasteiger partial charge in [-0.3, -0.25) is 4.98 Å². The molecule has 2 rings (SSSR count). The third-order valence-electron chi connectivity index (χ3n) is 1.76. The first-order valence-corrected chi connectivity index (χ1v) is 4.28. The van der Waals surface area contributed by atoms with Crippen molar-refractivity contribution in [2.45, 2.75) is 0 Å². The Balaban J connectivity index is 2.68. The Morgan fingerprint density at radius 1 is 1.29 bits per heavy atom. The molecule has 2 aromatic heterocycles. The zero-order chi connectivity index (χ0) is 9.97. The summed E-state index contributed by atoms with van der Waals surface area (Å²) in [6.45, 7) is -0.930. The summed E-state index contributed by atoms with van der Waals surface area (Å²) in [5, 5.41) is 1.24. The van der Waals surface area contributed by atoms with E-state index in [1.807, 2.05) is 0 Å². The highest BCUT2D eigenvalue weighted by molar-refractivity contribution is 6.35. The smallest absolute Gasteiger partial charge is 0.242 e. The number of nitrogens with zero attached hydrogens (tertiary/aromatic N) is 2. The molecule has 0 saturated carbocycles.